The van der Waals surface area contributed by atoms with Gasteiger partial charge in [-0.2, -0.15) is 0 Å². The van der Waals surface area contributed by atoms with E-state index in [1.165, 1.54) is 0 Å². The van der Waals surface area contributed by atoms with Crippen molar-refractivity contribution in [2.75, 3.05) is 6.54 Å². The van der Waals surface area contributed by atoms with Crippen LogP contribution in [0.25, 0.3) is 11.4 Å². The number of hydrogen-bond donors (Lipinski definition) is 1. The highest BCUT2D eigenvalue weighted by atomic mass is 16.1. The minimum Gasteiger partial charge on any atom is -0.306 e. The monoisotopic (exact) mass is 257 g/mol. The molecular weight excluding hydrogens is 242 g/mol. The lowest BCUT2D eigenvalue weighted by Crippen LogP contribution is -2.20. The summed E-state index contributed by atoms with van der Waals surface area (Å²) >= 11 is 0. The van der Waals surface area contributed by atoms with Gasteiger partial charge in [-0.05, 0) is 19.4 Å². The van der Waals surface area contributed by atoms with E-state index in [1.54, 1.807) is 13.8 Å². The summed E-state index contributed by atoms with van der Waals surface area (Å²) in [6.45, 7) is 4.35. The largest absolute Gasteiger partial charge is 0.306 e. The molecule has 0 bridgehead atoms. The van der Waals surface area contributed by atoms with E-state index in [1.807, 2.05) is 24.3 Å². The quantitative estimate of drug-likeness (QED) is 0.858. The van der Waals surface area contributed by atoms with Gasteiger partial charge in [-0.25, -0.2) is 0 Å². The van der Waals surface area contributed by atoms with Crippen LogP contribution in [0.1, 0.15) is 18.3 Å². The van der Waals surface area contributed by atoms with E-state index in [9.17, 15) is 4.79 Å². The molecule has 0 unspecified atom stereocenters. The molecule has 19 heavy (non-hydrogen) atoms. The van der Waals surface area contributed by atoms with Crippen LogP contribution in [0.4, 0.5) is 0 Å². The molecule has 2 aromatic rings. The predicted molar refractivity (Wildman–Crippen MR) is 70.2 cm³/mol. The highest BCUT2D eigenvalue weighted by molar-refractivity contribution is 5.77. The van der Waals surface area contributed by atoms with E-state index >= 15 is 0 Å². The number of aryl methyl sites for hydroxylation is 1. The first kappa shape index (κ1) is 13.2. The van der Waals surface area contributed by atoms with Crippen LogP contribution in [0.2, 0.25) is 0 Å². The Balaban J connectivity index is 2.02. The Kier molecular flexibility index (Phi) is 4.25. The zero-order valence-electron chi connectivity index (χ0n) is 10.9. The predicted octanol–water partition coefficient (Wildman–Crippen LogP) is 0.921. The molecule has 6 nitrogen and oxygen atoms in total. The molecule has 1 heterocycles. The van der Waals surface area contributed by atoms with Crippen LogP contribution in [0.15, 0.2) is 24.3 Å². The summed E-state index contributed by atoms with van der Waals surface area (Å²) in [6, 6.07) is 7.76. The van der Waals surface area contributed by atoms with Crippen molar-refractivity contribution in [2.45, 2.75) is 20.4 Å². The van der Waals surface area contributed by atoms with Crippen molar-refractivity contribution in [2.24, 2.45) is 0 Å². The molecule has 0 saturated carbocycles. The minimum atomic E-state index is 0.127. The van der Waals surface area contributed by atoms with Crippen LogP contribution in [0.3, 0.4) is 0 Å². The number of hydrogen-bond acceptors (Lipinski definition) is 6. The second-order valence-corrected chi connectivity index (χ2v) is 4.27. The fourth-order valence-corrected chi connectivity index (χ4v) is 1.55. The number of carbonyl (C=O) groups excluding carboxylic acids is 1. The molecule has 0 saturated heterocycles. The Bertz CT molecular complexity index is 550. The third kappa shape index (κ3) is 3.89. The first-order valence-electron chi connectivity index (χ1n) is 5.98. The van der Waals surface area contributed by atoms with Gasteiger partial charge >= 0.3 is 0 Å². The van der Waals surface area contributed by atoms with E-state index < -0.39 is 0 Å². The molecule has 6 heteroatoms. The number of aromatic nitrogens is 4. The second-order valence-electron chi connectivity index (χ2n) is 4.27. The lowest BCUT2D eigenvalue weighted by molar-refractivity contribution is -0.116. The van der Waals surface area contributed by atoms with Crippen molar-refractivity contribution < 1.29 is 4.79 Å². The third-order valence-corrected chi connectivity index (χ3v) is 2.49. The molecule has 0 amide bonds. The van der Waals surface area contributed by atoms with Gasteiger partial charge in [-0.15, -0.1) is 20.4 Å². The lowest BCUT2D eigenvalue weighted by Gasteiger charge is -2.04. The highest BCUT2D eigenvalue weighted by Gasteiger charge is 2.03. The first-order valence-corrected chi connectivity index (χ1v) is 5.98. The number of Topliss-reactive ketones (excluding diaryl/α,β-unsaturated/α-hetero) is 1. The summed E-state index contributed by atoms with van der Waals surface area (Å²) in [6.07, 6.45) is 0. The molecule has 2 rings (SSSR count). The fraction of sp³-hybridized carbons (Fsp3) is 0.308. The molecule has 0 atom stereocenters. The van der Waals surface area contributed by atoms with E-state index in [4.69, 9.17) is 0 Å². The molecule has 1 N–H and O–H groups in total. The van der Waals surface area contributed by atoms with Crippen LogP contribution in [0, 0.1) is 6.92 Å². The molecule has 0 aliphatic carbocycles. The van der Waals surface area contributed by atoms with Crippen molar-refractivity contribution in [3.63, 3.8) is 0 Å². The Morgan fingerprint density at radius 1 is 1.11 bits per heavy atom. The number of benzene rings is 1. The van der Waals surface area contributed by atoms with Crippen molar-refractivity contribution in [1.82, 2.24) is 25.7 Å². The molecule has 1 aromatic carbocycles. The second kappa shape index (κ2) is 6.10. The molecule has 0 radical (unpaired) electrons. The Hall–Kier alpha value is -2.21. The summed E-state index contributed by atoms with van der Waals surface area (Å²) in [5.74, 6) is 1.18. The Morgan fingerprint density at radius 2 is 1.74 bits per heavy atom. The van der Waals surface area contributed by atoms with Crippen LogP contribution >= 0.6 is 0 Å². The zero-order valence-corrected chi connectivity index (χ0v) is 10.9. The number of ketones is 1. The third-order valence-electron chi connectivity index (χ3n) is 2.49. The van der Waals surface area contributed by atoms with Gasteiger partial charge in [0, 0.05) is 12.1 Å². The van der Waals surface area contributed by atoms with Gasteiger partial charge in [0.05, 0.1) is 6.54 Å². The van der Waals surface area contributed by atoms with Crippen LogP contribution < -0.4 is 5.32 Å². The summed E-state index contributed by atoms with van der Waals surface area (Å²) < 4.78 is 0. The van der Waals surface area contributed by atoms with Crippen LogP contribution in [0.5, 0.6) is 0 Å². The average Bonchev–Trinajstić information content (AvgIpc) is 2.40. The first-order chi connectivity index (χ1) is 9.15. The maximum atomic E-state index is 10.8. The van der Waals surface area contributed by atoms with Gasteiger partial charge in [-0.3, -0.25) is 4.79 Å². The molecule has 0 aliphatic heterocycles. The number of nitrogens with one attached hydrogen (secondary N) is 1. The number of rotatable bonds is 5. The highest BCUT2D eigenvalue weighted by Crippen LogP contribution is 2.13. The minimum absolute atomic E-state index is 0.127. The van der Waals surface area contributed by atoms with Gasteiger partial charge in [0.25, 0.3) is 0 Å². The van der Waals surface area contributed by atoms with Crippen molar-refractivity contribution in [3.8, 4) is 11.4 Å². The maximum Gasteiger partial charge on any atom is 0.203 e. The van der Waals surface area contributed by atoms with E-state index in [2.05, 4.69) is 25.7 Å². The van der Waals surface area contributed by atoms with Gasteiger partial charge < -0.3 is 5.32 Å². The van der Waals surface area contributed by atoms with Crippen LogP contribution in [-0.2, 0) is 11.3 Å². The lowest BCUT2D eigenvalue weighted by atomic mass is 10.1. The van der Waals surface area contributed by atoms with Crippen molar-refractivity contribution in [1.29, 1.82) is 0 Å². The van der Waals surface area contributed by atoms with Gasteiger partial charge in [0.2, 0.25) is 5.82 Å². The SMILES string of the molecule is CC(=O)CNCc1ccc(-c2nnc(C)nn2)cc1. The fourth-order valence-electron chi connectivity index (χ4n) is 1.55. The normalized spacial score (nSPS) is 10.4. The topological polar surface area (TPSA) is 80.7 Å². The molecule has 98 valence electrons. The van der Waals surface area contributed by atoms with Crippen molar-refractivity contribution >= 4 is 5.78 Å². The molecule has 1 aromatic heterocycles. The van der Waals surface area contributed by atoms with E-state index in [-0.39, 0.29) is 5.78 Å². The maximum absolute atomic E-state index is 10.8. The number of nitrogens with zero attached hydrogens (tertiary/aromatic N) is 4. The molecule has 0 aliphatic rings. The molecule has 0 fully saturated rings. The Morgan fingerprint density at radius 3 is 2.32 bits per heavy atom. The van der Waals surface area contributed by atoms with Gasteiger partial charge in [0.15, 0.2) is 5.82 Å². The van der Waals surface area contributed by atoms with Gasteiger partial charge in [0.1, 0.15) is 5.78 Å². The summed E-state index contributed by atoms with van der Waals surface area (Å²) in [5.41, 5.74) is 1.97. The van der Waals surface area contributed by atoms with Crippen molar-refractivity contribution in [3.05, 3.63) is 35.7 Å². The number of carbonyl (C=O) groups is 1. The van der Waals surface area contributed by atoms with E-state index in [0.29, 0.717) is 24.7 Å². The summed E-state index contributed by atoms with van der Waals surface area (Å²) in [4.78, 5) is 10.8. The average molecular weight is 257 g/mol. The molecular formula is C13H15N5O. The Labute approximate surface area is 111 Å². The summed E-state index contributed by atoms with van der Waals surface area (Å²) in [7, 11) is 0. The summed E-state index contributed by atoms with van der Waals surface area (Å²) in [5, 5.41) is 18.8. The van der Waals surface area contributed by atoms with E-state index in [0.717, 1.165) is 11.1 Å². The standard InChI is InChI=1S/C13H15N5O/c1-9(19)7-14-8-11-3-5-12(6-4-11)13-17-15-10(2)16-18-13/h3-6,14H,7-8H2,1-2H3. The zero-order chi connectivity index (χ0) is 13.7. The van der Waals surface area contributed by atoms with Crippen LogP contribution in [-0.4, -0.2) is 32.7 Å². The smallest absolute Gasteiger partial charge is 0.203 e. The van der Waals surface area contributed by atoms with Gasteiger partial charge in [-0.1, -0.05) is 24.3 Å². The molecule has 0 spiro atoms.